The van der Waals surface area contributed by atoms with Crippen molar-refractivity contribution >= 4 is 29.3 Å². The van der Waals surface area contributed by atoms with Crippen LogP contribution >= 0.6 is 0 Å². The molecule has 3 aromatic carbocycles. The fourth-order valence-corrected chi connectivity index (χ4v) is 4.04. The Labute approximate surface area is 197 Å². The highest BCUT2D eigenvalue weighted by Gasteiger charge is 2.52. The monoisotopic (exact) mass is 455 g/mol. The van der Waals surface area contributed by atoms with Gasteiger partial charge in [0.1, 0.15) is 0 Å². The second-order valence-electron chi connectivity index (χ2n) is 8.16. The van der Waals surface area contributed by atoms with E-state index in [1.165, 1.54) is 0 Å². The lowest BCUT2D eigenvalue weighted by molar-refractivity contribution is -0.131. The zero-order valence-corrected chi connectivity index (χ0v) is 18.8. The number of nitrogens with zero attached hydrogens (tertiary/aromatic N) is 1. The third-order valence-electron chi connectivity index (χ3n) is 5.87. The molecule has 34 heavy (non-hydrogen) atoms. The summed E-state index contributed by atoms with van der Waals surface area (Å²) in [5, 5.41) is 5.58. The molecule has 1 saturated heterocycles. The topological polar surface area (TPSA) is 95.6 Å². The Hall–Kier alpha value is -4.26. The van der Waals surface area contributed by atoms with E-state index >= 15 is 0 Å². The molecular weight excluding hydrogens is 430 g/mol. The lowest BCUT2D eigenvalue weighted by Crippen LogP contribution is -2.46. The van der Waals surface area contributed by atoms with Crippen LogP contribution in [0.15, 0.2) is 84.9 Å². The fourth-order valence-electron chi connectivity index (χ4n) is 4.04. The maximum Gasteiger partial charge on any atom is 0.325 e. The average molecular weight is 456 g/mol. The summed E-state index contributed by atoms with van der Waals surface area (Å²) in [4.78, 5) is 52.0. The fraction of sp³-hybridized carbons (Fsp3) is 0.185. The van der Waals surface area contributed by atoms with Gasteiger partial charge in [-0.1, -0.05) is 67.6 Å². The van der Waals surface area contributed by atoms with Gasteiger partial charge in [-0.05, 0) is 35.4 Å². The molecule has 0 radical (unpaired) electrons. The summed E-state index contributed by atoms with van der Waals surface area (Å²) in [5.41, 5.74) is 1.16. The highest BCUT2D eigenvalue weighted by Crippen LogP contribution is 2.33. The van der Waals surface area contributed by atoms with E-state index in [4.69, 9.17) is 0 Å². The summed E-state index contributed by atoms with van der Waals surface area (Å²) in [5.74, 6) is -0.970. The van der Waals surface area contributed by atoms with Gasteiger partial charge >= 0.3 is 6.03 Å². The molecule has 4 amide bonds. The number of hydrogen-bond donors (Lipinski definition) is 2. The second-order valence-corrected chi connectivity index (χ2v) is 8.16. The second kappa shape index (κ2) is 9.70. The first-order valence-corrected chi connectivity index (χ1v) is 11.1. The summed E-state index contributed by atoms with van der Waals surface area (Å²) in [6.45, 7) is 1.37. The molecule has 0 aliphatic carbocycles. The van der Waals surface area contributed by atoms with Crippen molar-refractivity contribution in [2.45, 2.75) is 25.3 Å². The maximum atomic E-state index is 13.7. The minimum absolute atomic E-state index is 0.130. The van der Waals surface area contributed by atoms with Crippen LogP contribution in [-0.2, 0) is 21.5 Å². The molecule has 2 N–H and O–H groups in total. The van der Waals surface area contributed by atoms with E-state index in [0.29, 0.717) is 23.2 Å². The zero-order chi connectivity index (χ0) is 24.1. The summed E-state index contributed by atoms with van der Waals surface area (Å²) in [6, 6.07) is 24.3. The Morgan fingerprint density at radius 1 is 0.882 bits per heavy atom. The van der Waals surface area contributed by atoms with Gasteiger partial charge in [0.15, 0.2) is 11.3 Å². The Balaban J connectivity index is 1.57. The first-order chi connectivity index (χ1) is 16.4. The smallest absolute Gasteiger partial charge is 0.325 e. The van der Waals surface area contributed by atoms with E-state index < -0.39 is 17.5 Å². The Morgan fingerprint density at radius 3 is 2.12 bits per heavy atom. The van der Waals surface area contributed by atoms with Crippen molar-refractivity contribution in [1.82, 2.24) is 10.2 Å². The van der Waals surface area contributed by atoms with Crippen molar-refractivity contribution in [2.75, 3.05) is 11.9 Å². The van der Waals surface area contributed by atoms with Gasteiger partial charge in [-0.25, -0.2) is 4.79 Å². The summed E-state index contributed by atoms with van der Waals surface area (Å²) in [7, 11) is 0. The van der Waals surface area contributed by atoms with Crippen LogP contribution in [0, 0.1) is 0 Å². The van der Waals surface area contributed by atoms with Crippen LogP contribution in [0.25, 0.3) is 0 Å². The molecule has 0 saturated carbocycles. The van der Waals surface area contributed by atoms with Crippen molar-refractivity contribution in [3.63, 3.8) is 0 Å². The van der Waals surface area contributed by atoms with Crippen LogP contribution in [0.1, 0.15) is 34.8 Å². The first-order valence-electron chi connectivity index (χ1n) is 11.1. The van der Waals surface area contributed by atoms with Gasteiger partial charge in [0.2, 0.25) is 5.91 Å². The standard InChI is InChI=1S/C27H25N3O4/c1-2-24(32)28-22-15-13-20(14-16-22)23(31)18-30-25(33)27(29-26(30)34,21-11-7-4-8-12-21)17-19-9-5-3-6-10-19/h3-16H,2,17-18H2,1H3,(H,28,32)(H,29,34)/t27-/m1/s1. The van der Waals surface area contributed by atoms with E-state index in [9.17, 15) is 19.2 Å². The van der Waals surface area contributed by atoms with Crippen molar-refractivity contribution in [3.8, 4) is 0 Å². The van der Waals surface area contributed by atoms with Gasteiger partial charge in [0, 0.05) is 24.1 Å². The number of imide groups is 1. The van der Waals surface area contributed by atoms with E-state index in [-0.39, 0.29) is 24.7 Å². The van der Waals surface area contributed by atoms with E-state index in [0.717, 1.165) is 10.5 Å². The molecule has 0 spiro atoms. The van der Waals surface area contributed by atoms with Crippen LogP contribution in [0.5, 0.6) is 0 Å². The highest BCUT2D eigenvalue weighted by molar-refractivity contribution is 6.11. The van der Waals surface area contributed by atoms with Crippen LogP contribution in [0.3, 0.4) is 0 Å². The van der Waals surface area contributed by atoms with Gasteiger partial charge in [-0.3, -0.25) is 19.3 Å². The van der Waals surface area contributed by atoms with E-state index in [1.807, 2.05) is 48.5 Å². The minimum Gasteiger partial charge on any atom is -0.326 e. The molecular formula is C27H25N3O4. The molecule has 172 valence electrons. The van der Waals surface area contributed by atoms with Crippen molar-refractivity contribution in [1.29, 1.82) is 0 Å². The zero-order valence-electron chi connectivity index (χ0n) is 18.8. The number of carbonyl (C=O) groups is 4. The lowest BCUT2D eigenvalue weighted by Gasteiger charge is -2.27. The predicted octanol–water partition coefficient (Wildman–Crippen LogP) is 3.91. The largest absolute Gasteiger partial charge is 0.326 e. The van der Waals surface area contributed by atoms with Gasteiger partial charge < -0.3 is 10.6 Å². The molecule has 1 atom stereocenters. The highest BCUT2D eigenvalue weighted by atomic mass is 16.2. The molecule has 7 heteroatoms. The number of carbonyl (C=O) groups excluding carboxylic acids is 4. The number of benzene rings is 3. The quantitative estimate of drug-likeness (QED) is 0.398. The third-order valence-corrected chi connectivity index (χ3v) is 5.87. The molecule has 1 heterocycles. The minimum atomic E-state index is -1.30. The molecule has 4 rings (SSSR count). The third kappa shape index (κ3) is 4.59. The van der Waals surface area contributed by atoms with Crippen LogP contribution in [0.4, 0.5) is 10.5 Å². The summed E-state index contributed by atoms with van der Waals surface area (Å²) < 4.78 is 0. The van der Waals surface area contributed by atoms with Gasteiger partial charge in [0.25, 0.3) is 5.91 Å². The van der Waals surface area contributed by atoms with Crippen molar-refractivity contribution in [2.24, 2.45) is 0 Å². The Kier molecular flexibility index (Phi) is 6.54. The van der Waals surface area contributed by atoms with Gasteiger partial charge in [0.05, 0.1) is 6.54 Å². The number of Topliss-reactive ketones (excluding diaryl/α,β-unsaturated/α-hetero) is 1. The van der Waals surface area contributed by atoms with Crippen LogP contribution in [-0.4, -0.2) is 35.1 Å². The molecule has 1 aliphatic rings. The average Bonchev–Trinajstić information content (AvgIpc) is 3.10. The molecule has 1 fully saturated rings. The van der Waals surface area contributed by atoms with Gasteiger partial charge in [-0.15, -0.1) is 0 Å². The Morgan fingerprint density at radius 2 is 1.50 bits per heavy atom. The van der Waals surface area contributed by atoms with E-state index in [1.54, 1.807) is 43.3 Å². The van der Waals surface area contributed by atoms with Crippen molar-refractivity contribution in [3.05, 3.63) is 102 Å². The summed E-state index contributed by atoms with van der Waals surface area (Å²) >= 11 is 0. The number of anilines is 1. The Bertz CT molecular complexity index is 1210. The normalized spacial score (nSPS) is 17.4. The summed E-state index contributed by atoms with van der Waals surface area (Å²) in [6.07, 6.45) is 0.609. The number of amides is 4. The number of ketones is 1. The molecule has 0 bridgehead atoms. The SMILES string of the molecule is CCC(=O)Nc1ccc(C(=O)CN2C(=O)N[C@](Cc3ccccc3)(c3ccccc3)C2=O)cc1. The maximum absolute atomic E-state index is 13.7. The molecule has 0 unspecified atom stereocenters. The molecule has 3 aromatic rings. The molecule has 1 aliphatic heterocycles. The van der Waals surface area contributed by atoms with E-state index in [2.05, 4.69) is 10.6 Å². The lowest BCUT2D eigenvalue weighted by atomic mass is 9.83. The van der Waals surface area contributed by atoms with Gasteiger partial charge in [-0.2, -0.15) is 0 Å². The molecule has 7 nitrogen and oxygen atoms in total. The first kappa shape index (κ1) is 22.9. The number of rotatable bonds is 8. The number of nitrogens with one attached hydrogen (secondary N) is 2. The predicted molar refractivity (Wildman–Crippen MR) is 128 cm³/mol. The van der Waals surface area contributed by atoms with Crippen LogP contribution in [0.2, 0.25) is 0 Å². The van der Waals surface area contributed by atoms with Crippen LogP contribution < -0.4 is 10.6 Å². The number of hydrogen-bond acceptors (Lipinski definition) is 4. The number of urea groups is 1. The molecule has 0 aromatic heterocycles. The van der Waals surface area contributed by atoms with Crippen molar-refractivity contribution < 1.29 is 19.2 Å².